The fraction of sp³-hybridized carbons (Fsp3) is 0.333. The van der Waals surface area contributed by atoms with Gasteiger partial charge >= 0.3 is 0 Å². The Morgan fingerprint density at radius 1 is 1.29 bits per heavy atom. The number of nitrogens with one attached hydrogen (secondary N) is 1. The van der Waals surface area contributed by atoms with Crippen LogP contribution in [0.3, 0.4) is 0 Å². The van der Waals surface area contributed by atoms with Crippen LogP contribution in [0.5, 0.6) is 0 Å². The molecule has 0 amide bonds. The number of benzene rings is 1. The molecule has 2 rings (SSSR count). The van der Waals surface area contributed by atoms with Crippen molar-refractivity contribution in [2.24, 2.45) is 0 Å². The van der Waals surface area contributed by atoms with E-state index in [4.69, 9.17) is 0 Å². The van der Waals surface area contributed by atoms with Gasteiger partial charge in [-0.1, -0.05) is 25.1 Å². The monoisotopic (exact) mass is 205 g/mol. The van der Waals surface area contributed by atoms with E-state index < -0.39 is 0 Å². The molecule has 14 heavy (non-hydrogen) atoms. The van der Waals surface area contributed by atoms with E-state index in [1.54, 1.807) is 0 Å². The van der Waals surface area contributed by atoms with Gasteiger partial charge in [0.1, 0.15) is 0 Å². The fourth-order valence-corrected chi connectivity index (χ4v) is 3.15. The standard InChI is InChI=1S/C12H15NS/c1-3-9-10-6-4-5-7-11(10)14-12(9)8-13-2/h4-7,13H,3,8H2,1-2H3. The summed E-state index contributed by atoms with van der Waals surface area (Å²) >= 11 is 1.91. The largest absolute Gasteiger partial charge is 0.315 e. The van der Waals surface area contributed by atoms with E-state index in [-0.39, 0.29) is 0 Å². The Balaban J connectivity index is 2.60. The molecule has 0 unspecified atom stereocenters. The minimum atomic E-state index is 0.989. The van der Waals surface area contributed by atoms with E-state index in [0.29, 0.717) is 0 Å². The van der Waals surface area contributed by atoms with Gasteiger partial charge in [-0.2, -0.15) is 0 Å². The normalized spacial score (nSPS) is 11.0. The van der Waals surface area contributed by atoms with Gasteiger partial charge in [-0.3, -0.25) is 0 Å². The third-order valence-corrected chi connectivity index (χ3v) is 3.69. The maximum atomic E-state index is 3.23. The highest BCUT2D eigenvalue weighted by Crippen LogP contribution is 2.31. The molecular formula is C12H15NS. The molecule has 1 aromatic carbocycles. The minimum Gasteiger partial charge on any atom is -0.315 e. The summed E-state index contributed by atoms with van der Waals surface area (Å²) in [5, 5.41) is 4.67. The molecule has 2 heteroatoms. The molecule has 74 valence electrons. The molecule has 0 saturated heterocycles. The van der Waals surface area contributed by atoms with E-state index >= 15 is 0 Å². The number of fused-ring (bicyclic) bond motifs is 1. The maximum Gasteiger partial charge on any atom is 0.0349 e. The molecule has 0 aliphatic heterocycles. The first-order chi connectivity index (χ1) is 6.86. The summed E-state index contributed by atoms with van der Waals surface area (Å²) in [7, 11) is 2.00. The highest BCUT2D eigenvalue weighted by atomic mass is 32.1. The summed E-state index contributed by atoms with van der Waals surface area (Å²) in [5.74, 6) is 0. The number of hydrogen-bond donors (Lipinski definition) is 1. The lowest BCUT2D eigenvalue weighted by Crippen LogP contribution is -2.04. The van der Waals surface area contributed by atoms with Crippen LogP contribution in [0.25, 0.3) is 10.1 Å². The van der Waals surface area contributed by atoms with Crippen molar-refractivity contribution in [3.8, 4) is 0 Å². The number of rotatable bonds is 3. The molecular weight excluding hydrogens is 190 g/mol. The molecule has 1 heterocycles. The third-order valence-electron chi connectivity index (χ3n) is 2.47. The van der Waals surface area contributed by atoms with Gasteiger partial charge in [-0.15, -0.1) is 11.3 Å². The van der Waals surface area contributed by atoms with Crippen LogP contribution >= 0.6 is 11.3 Å². The van der Waals surface area contributed by atoms with Crippen molar-refractivity contribution in [2.75, 3.05) is 7.05 Å². The molecule has 0 aliphatic rings. The Labute approximate surface area is 88.8 Å². The van der Waals surface area contributed by atoms with Gasteiger partial charge in [0, 0.05) is 16.1 Å². The topological polar surface area (TPSA) is 12.0 Å². The van der Waals surface area contributed by atoms with E-state index in [1.165, 1.54) is 20.5 Å². The van der Waals surface area contributed by atoms with Crippen molar-refractivity contribution in [1.82, 2.24) is 5.32 Å². The number of thiophene rings is 1. The van der Waals surface area contributed by atoms with Gasteiger partial charge in [0.15, 0.2) is 0 Å². The van der Waals surface area contributed by atoms with Crippen molar-refractivity contribution in [1.29, 1.82) is 0 Å². The Kier molecular flexibility index (Phi) is 2.85. The summed E-state index contributed by atoms with van der Waals surface area (Å²) in [6.07, 6.45) is 1.13. The predicted octanol–water partition coefficient (Wildman–Crippen LogP) is 3.18. The molecule has 0 atom stereocenters. The Morgan fingerprint density at radius 2 is 2.07 bits per heavy atom. The van der Waals surface area contributed by atoms with Crippen LogP contribution in [0.15, 0.2) is 24.3 Å². The maximum absolute atomic E-state index is 3.23. The van der Waals surface area contributed by atoms with E-state index in [0.717, 1.165) is 13.0 Å². The Hall–Kier alpha value is -0.860. The molecule has 0 radical (unpaired) electrons. The molecule has 1 nitrogen and oxygen atoms in total. The van der Waals surface area contributed by atoms with Crippen LogP contribution in [0.2, 0.25) is 0 Å². The van der Waals surface area contributed by atoms with Crippen molar-refractivity contribution in [3.63, 3.8) is 0 Å². The molecule has 0 bridgehead atoms. The number of hydrogen-bond acceptors (Lipinski definition) is 2. The average molecular weight is 205 g/mol. The Morgan fingerprint density at radius 3 is 2.79 bits per heavy atom. The quantitative estimate of drug-likeness (QED) is 0.811. The molecule has 0 spiro atoms. The van der Waals surface area contributed by atoms with Crippen LogP contribution in [-0.2, 0) is 13.0 Å². The molecule has 0 aliphatic carbocycles. The highest BCUT2D eigenvalue weighted by Gasteiger charge is 2.08. The van der Waals surface area contributed by atoms with Gasteiger partial charge < -0.3 is 5.32 Å². The SMILES string of the molecule is CCc1c(CNC)sc2ccccc12. The zero-order chi connectivity index (χ0) is 9.97. The van der Waals surface area contributed by atoms with Crippen LogP contribution in [0.4, 0.5) is 0 Å². The second kappa shape index (κ2) is 4.11. The van der Waals surface area contributed by atoms with Gasteiger partial charge in [0.05, 0.1) is 0 Å². The van der Waals surface area contributed by atoms with Gasteiger partial charge in [0.2, 0.25) is 0 Å². The molecule has 1 N–H and O–H groups in total. The van der Waals surface area contributed by atoms with Crippen molar-refractivity contribution < 1.29 is 0 Å². The molecule has 0 fully saturated rings. The molecule has 1 aromatic heterocycles. The van der Waals surface area contributed by atoms with Crippen LogP contribution < -0.4 is 5.32 Å². The first kappa shape index (κ1) is 9.69. The lowest BCUT2D eigenvalue weighted by Gasteiger charge is -1.99. The zero-order valence-electron chi connectivity index (χ0n) is 8.63. The van der Waals surface area contributed by atoms with E-state index in [1.807, 2.05) is 18.4 Å². The van der Waals surface area contributed by atoms with Crippen LogP contribution in [0, 0.1) is 0 Å². The fourth-order valence-electron chi connectivity index (χ4n) is 1.84. The summed E-state index contributed by atoms with van der Waals surface area (Å²) in [4.78, 5) is 1.48. The average Bonchev–Trinajstić information content (AvgIpc) is 2.55. The molecule has 0 saturated carbocycles. The lowest BCUT2D eigenvalue weighted by atomic mass is 10.1. The van der Waals surface area contributed by atoms with Gasteiger partial charge in [-0.05, 0) is 30.5 Å². The number of aryl methyl sites for hydroxylation is 1. The van der Waals surface area contributed by atoms with E-state index in [2.05, 4.69) is 36.5 Å². The van der Waals surface area contributed by atoms with Crippen LogP contribution in [0.1, 0.15) is 17.4 Å². The summed E-state index contributed by atoms with van der Waals surface area (Å²) in [6, 6.07) is 8.67. The predicted molar refractivity (Wildman–Crippen MR) is 64.0 cm³/mol. The second-order valence-electron chi connectivity index (χ2n) is 3.38. The van der Waals surface area contributed by atoms with Gasteiger partial charge in [0.25, 0.3) is 0 Å². The molecule has 2 aromatic rings. The Bertz CT molecular complexity index is 431. The van der Waals surface area contributed by atoms with E-state index in [9.17, 15) is 0 Å². The summed E-state index contributed by atoms with van der Waals surface area (Å²) in [5.41, 5.74) is 1.51. The first-order valence-corrected chi connectivity index (χ1v) is 5.82. The first-order valence-electron chi connectivity index (χ1n) is 5.00. The van der Waals surface area contributed by atoms with Crippen LogP contribution in [-0.4, -0.2) is 7.05 Å². The lowest BCUT2D eigenvalue weighted by molar-refractivity contribution is 0.822. The minimum absolute atomic E-state index is 0.989. The second-order valence-corrected chi connectivity index (χ2v) is 4.52. The summed E-state index contributed by atoms with van der Waals surface area (Å²) in [6.45, 7) is 3.22. The summed E-state index contributed by atoms with van der Waals surface area (Å²) < 4.78 is 1.41. The van der Waals surface area contributed by atoms with Crippen molar-refractivity contribution >= 4 is 21.4 Å². The highest BCUT2D eigenvalue weighted by molar-refractivity contribution is 7.19. The zero-order valence-corrected chi connectivity index (χ0v) is 9.45. The van der Waals surface area contributed by atoms with Crippen molar-refractivity contribution in [3.05, 3.63) is 34.7 Å². The third kappa shape index (κ3) is 1.56. The van der Waals surface area contributed by atoms with Crippen molar-refractivity contribution in [2.45, 2.75) is 19.9 Å². The smallest absolute Gasteiger partial charge is 0.0349 e. The van der Waals surface area contributed by atoms with Gasteiger partial charge in [-0.25, -0.2) is 0 Å².